The molecule has 0 heterocycles. The Bertz CT molecular complexity index is 646. The molecule has 2 amide bonds. The van der Waals surface area contributed by atoms with Gasteiger partial charge in [0, 0.05) is 12.6 Å². The fraction of sp³-hybridized carbons (Fsp3) is 0.316. The number of amides is 2. The van der Waals surface area contributed by atoms with Crippen LogP contribution >= 0.6 is 0 Å². The van der Waals surface area contributed by atoms with Gasteiger partial charge in [-0.3, -0.25) is 0 Å². The van der Waals surface area contributed by atoms with E-state index in [2.05, 4.69) is 10.6 Å². The first-order valence-electron chi connectivity index (χ1n) is 8.09. The second-order valence-electron chi connectivity index (χ2n) is 5.68. The molecule has 0 radical (unpaired) electrons. The molecule has 2 aromatic carbocycles. The van der Waals surface area contributed by atoms with Gasteiger partial charge in [-0.15, -0.1) is 0 Å². The van der Waals surface area contributed by atoms with E-state index in [4.69, 9.17) is 9.84 Å². The maximum Gasteiger partial charge on any atom is 0.319 e. The summed E-state index contributed by atoms with van der Waals surface area (Å²) >= 11 is 0. The summed E-state index contributed by atoms with van der Waals surface area (Å²) in [5, 5.41) is 14.5. The molecule has 1 unspecified atom stereocenters. The van der Waals surface area contributed by atoms with Crippen LogP contribution < -0.4 is 15.4 Å². The first kappa shape index (κ1) is 17.8. The molecule has 0 aliphatic rings. The molecule has 0 fully saturated rings. The first-order chi connectivity index (χ1) is 11.6. The van der Waals surface area contributed by atoms with E-state index in [1.54, 1.807) is 6.07 Å². The fourth-order valence-electron chi connectivity index (χ4n) is 2.30. The van der Waals surface area contributed by atoms with Crippen molar-refractivity contribution in [2.75, 3.05) is 11.9 Å². The van der Waals surface area contributed by atoms with Crippen LogP contribution in [-0.4, -0.2) is 23.8 Å². The number of hydrogen-bond donors (Lipinski definition) is 3. The van der Waals surface area contributed by atoms with Crippen molar-refractivity contribution in [3.63, 3.8) is 0 Å². The summed E-state index contributed by atoms with van der Waals surface area (Å²) in [5.74, 6) is 0.610. The maximum absolute atomic E-state index is 12.0. The standard InChI is InChI=1S/C19H24N2O3/c1-14(12-13-22)20-19(23)21-17-10-6-7-11-18(17)24-15(2)16-8-4-3-5-9-16/h3-11,14-15,22H,12-13H2,1-2H3,(H2,20,21,23)/t14-,15?/m1/s1. The van der Waals surface area contributed by atoms with Crippen molar-refractivity contribution in [3.8, 4) is 5.75 Å². The number of rotatable bonds is 7. The van der Waals surface area contributed by atoms with E-state index >= 15 is 0 Å². The molecule has 5 nitrogen and oxygen atoms in total. The lowest BCUT2D eigenvalue weighted by Crippen LogP contribution is -2.36. The van der Waals surface area contributed by atoms with Crippen LogP contribution in [0, 0.1) is 0 Å². The number of urea groups is 1. The van der Waals surface area contributed by atoms with Gasteiger partial charge >= 0.3 is 6.03 Å². The summed E-state index contributed by atoms with van der Waals surface area (Å²) < 4.78 is 6.00. The lowest BCUT2D eigenvalue weighted by atomic mass is 10.1. The molecular formula is C19H24N2O3. The number of aliphatic hydroxyl groups excluding tert-OH is 1. The number of benzene rings is 2. The van der Waals surface area contributed by atoms with E-state index in [1.807, 2.05) is 62.4 Å². The Morgan fingerprint density at radius 3 is 2.46 bits per heavy atom. The number of carbonyl (C=O) groups excluding carboxylic acids is 1. The molecule has 0 saturated heterocycles. The molecule has 0 bridgehead atoms. The molecule has 2 aromatic rings. The van der Waals surface area contributed by atoms with Gasteiger partial charge in [-0.1, -0.05) is 42.5 Å². The first-order valence-corrected chi connectivity index (χ1v) is 8.09. The molecule has 2 atom stereocenters. The van der Waals surface area contributed by atoms with E-state index in [-0.39, 0.29) is 24.8 Å². The Kier molecular flexibility index (Phi) is 6.63. The molecule has 3 N–H and O–H groups in total. The highest BCUT2D eigenvalue weighted by molar-refractivity contribution is 5.91. The van der Waals surface area contributed by atoms with Gasteiger partial charge in [-0.05, 0) is 38.0 Å². The predicted octanol–water partition coefficient (Wildman–Crippen LogP) is 3.72. The third-order valence-corrected chi connectivity index (χ3v) is 3.65. The van der Waals surface area contributed by atoms with Crippen molar-refractivity contribution in [1.29, 1.82) is 0 Å². The lowest BCUT2D eigenvalue weighted by Gasteiger charge is -2.19. The molecule has 0 aromatic heterocycles. The van der Waals surface area contributed by atoms with Gasteiger partial charge in [0.15, 0.2) is 0 Å². The van der Waals surface area contributed by atoms with E-state index < -0.39 is 0 Å². The topological polar surface area (TPSA) is 70.6 Å². The van der Waals surface area contributed by atoms with Gasteiger partial charge in [0.1, 0.15) is 11.9 Å². The third kappa shape index (κ3) is 5.28. The van der Waals surface area contributed by atoms with Gasteiger partial charge < -0.3 is 20.5 Å². The highest BCUT2D eigenvalue weighted by Crippen LogP contribution is 2.28. The zero-order valence-electron chi connectivity index (χ0n) is 14.0. The summed E-state index contributed by atoms with van der Waals surface area (Å²) in [6.07, 6.45) is 0.377. The maximum atomic E-state index is 12.0. The van der Waals surface area contributed by atoms with Gasteiger partial charge in [0.2, 0.25) is 0 Å². The highest BCUT2D eigenvalue weighted by atomic mass is 16.5. The predicted molar refractivity (Wildman–Crippen MR) is 95.2 cm³/mol. The zero-order chi connectivity index (χ0) is 17.4. The van der Waals surface area contributed by atoms with Crippen molar-refractivity contribution in [2.24, 2.45) is 0 Å². The number of nitrogens with one attached hydrogen (secondary N) is 2. The Morgan fingerprint density at radius 1 is 1.08 bits per heavy atom. The minimum atomic E-state index is -0.320. The van der Waals surface area contributed by atoms with Gasteiger partial charge in [0.25, 0.3) is 0 Å². The molecule has 128 valence electrons. The minimum Gasteiger partial charge on any atom is -0.484 e. The Balaban J connectivity index is 2.03. The summed E-state index contributed by atoms with van der Waals surface area (Å²) in [7, 11) is 0. The number of ether oxygens (including phenoxy) is 1. The summed E-state index contributed by atoms with van der Waals surface area (Å²) in [6, 6.07) is 16.8. The normalized spacial score (nSPS) is 13.0. The van der Waals surface area contributed by atoms with Crippen LogP contribution in [0.25, 0.3) is 0 Å². The minimum absolute atomic E-state index is 0.0374. The molecular weight excluding hydrogens is 304 g/mol. The van der Waals surface area contributed by atoms with Crippen LogP contribution in [0.4, 0.5) is 10.5 Å². The van der Waals surface area contributed by atoms with E-state index in [0.717, 1.165) is 5.56 Å². The van der Waals surface area contributed by atoms with Gasteiger partial charge in [0.05, 0.1) is 5.69 Å². The number of anilines is 1. The molecule has 0 spiro atoms. The quantitative estimate of drug-likeness (QED) is 0.725. The van der Waals surface area contributed by atoms with Crippen LogP contribution in [0.2, 0.25) is 0 Å². The second-order valence-corrected chi connectivity index (χ2v) is 5.68. The average molecular weight is 328 g/mol. The summed E-state index contributed by atoms with van der Waals surface area (Å²) in [4.78, 5) is 12.0. The Labute approximate surface area is 142 Å². The highest BCUT2D eigenvalue weighted by Gasteiger charge is 2.13. The van der Waals surface area contributed by atoms with Gasteiger partial charge in [-0.2, -0.15) is 0 Å². The van der Waals surface area contributed by atoms with Crippen molar-refractivity contribution >= 4 is 11.7 Å². The largest absolute Gasteiger partial charge is 0.484 e. The second kappa shape index (κ2) is 8.93. The van der Waals surface area contributed by atoms with Crippen molar-refractivity contribution in [1.82, 2.24) is 5.32 Å². The van der Waals surface area contributed by atoms with Crippen molar-refractivity contribution < 1.29 is 14.6 Å². The smallest absolute Gasteiger partial charge is 0.319 e. The molecule has 24 heavy (non-hydrogen) atoms. The molecule has 0 aliphatic carbocycles. The summed E-state index contributed by atoms with van der Waals surface area (Å²) in [5.41, 5.74) is 1.67. The Hall–Kier alpha value is -2.53. The molecule has 5 heteroatoms. The SMILES string of the molecule is CC(Oc1ccccc1NC(=O)N[C@H](C)CCO)c1ccccc1. The third-order valence-electron chi connectivity index (χ3n) is 3.65. The Morgan fingerprint density at radius 2 is 1.75 bits per heavy atom. The molecule has 0 aliphatic heterocycles. The number of hydrogen-bond acceptors (Lipinski definition) is 3. The lowest BCUT2D eigenvalue weighted by molar-refractivity contribution is 0.227. The van der Waals surface area contributed by atoms with E-state index in [9.17, 15) is 4.79 Å². The average Bonchev–Trinajstić information content (AvgIpc) is 2.57. The molecule has 2 rings (SSSR count). The fourth-order valence-corrected chi connectivity index (χ4v) is 2.30. The monoisotopic (exact) mass is 328 g/mol. The van der Waals surface area contributed by atoms with E-state index in [1.165, 1.54) is 0 Å². The number of carbonyl (C=O) groups is 1. The number of aliphatic hydroxyl groups is 1. The van der Waals surface area contributed by atoms with Crippen molar-refractivity contribution in [3.05, 3.63) is 60.2 Å². The van der Waals surface area contributed by atoms with Crippen LogP contribution in [0.5, 0.6) is 5.75 Å². The zero-order valence-corrected chi connectivity index (χ0v) is 14.0. The van der Waals surface area contributed by atoms with Crippen LogP contribution in [0.15, 0.2) is 54.6 Å². The number of para-hydroxylation sites is 2. The van der Waals surface area contributed by atoms with Crippen molar-refractivity contribution in [2.45, 2.75) is 32.4 Å². The molecule has 0 saturated carbocycles. The van der Waals surface area contributed by atoms with Crippen LogP contribution in [0.1, 0.15) is 31.9 Å². The summed E-state index contributed by atoms with van der Waals surface area (Å²) in [6.45, 7) is 3.85. The van der Waals surface area contributed by atoms with E-state index in [0.29, 0.717) is 17.9 Å². The van der Waals surface area contributed by atoms with Crippen LogP contribution in [-0.2, 0) is 0 Å². The van der Waals surface area contributed by atoms with Crippen LogP contribution in [0.3, 0.4) is 0 Å². The van der Waals surface area contributed by atoms with Gasteiger partial charge in [-0.25, -0.2) is 4.79 Å².